The minimum absolute atomic E-state index is 0.0367. The van der Waals surface area contributed by atoms with Gasteiger partial charge in [-0.3, -0.25) is 0 Å². The molecule has 2 nitrogen and oxygen atoms in total. The van der Waals surface area contributed by atoms with Gasteiger partial charge in [0.15, 0.2) is 0 Å². The summed E-state index contributed by atoms with van der Waals surface area (Å²) in [5.41, 5.74) is 4.11. The van der Waals surface area contributed by atoms with Crippen LogP contribution in [0.15, 0.2) is 77.3 Å². The van der Waals surface area contributed by atoms with Gasteiger partial charge in [-0.15, -0.1) is 0 Å². The molecule has 0 saturated carbocycles. The zero-order chi connectivity index (χ0) is 16.5. The molecule has 0 radical (unpaired) electrons. The molecular weight excluding hydrogens is 384 g/mol. The van der Waals surface area contributed by atoms with Crippen molar-refractivity contribution in [1.82, 2.24) is 9.97 Å². The summed E-state index contributed by atoms with van der Waals surface area (Å²) < 4.78 is 0.936. The molecule has 0 bridgehead atoms. The van der Waals surface area contributed by atoms with Crippen LogP contribution in [0.4, 0.5) is 0 Å². The quantitative estimate of drug-likeness (QED) is 0.440. The van der Waals surface area contributed by atoms with Gasteiger partial charge in [-0.25, -0.2) is 4.98 Å². The van der Waals surface area contributed by atoms with Gasteiger partial charge in [0.05, 0.1) is 16.5 Å². The Morgan fingerprint density at radius 1 is 0.875 bits per heavy atom. The molecule has 1 heterocycles. The summed E-state index contributed by atoms with van der Waals surface area (Å²) in [6, 6.07) is 24.6. The molecule has 0 aliphatic rings. The fourth-order valence-corrected chi connectivity index (χ4v) is 3.85. The summed E-state index contributed by atoms with van der Waals surface area (Å²) in [7, 11) is 0. The van der Waals surface area contributed by atoms with Gasteiger partial charge < -0.3 is 4.98 Å². The molecule has 0 spiro atoms. The van der Waals surface area contributed by atoms with Crippen LogP contribution in [0, 0.1) is 0 Å². The molecule has 1 aromatic heterocycles. The Bertz CT molecular complexity index is 941. The highest BCUT2D eigenvalue weighted by Crippen LogP contribution is 2.33. The van der Waals surface area contributed by atoms with Gasteiger partial charge in [0.2, 0.25) is 0 Å². The maximum Gasteiger partial charge on any atom is 0.119 e. The van der Waals surface area contributed by atoms with Crippen LogP contribution < -0.4 is 0 Å². The van der Waals surface area contributed by atoms with Crippen LogP contribution in [0.3, 0.4) is 0 Å². The predicted molar refractivity (Wildman–Crippen MR) is 103 cm³/mol. The van der Waals surface area contributed by atoms with Crippen molar-refractivity contribution in [3.8, 4) is 0 Å². The lowest BCUT2D eigenvalue weighted by atomic mass is 9.91. The smallest absolute Gasteiger partial charge is 0.119 e. The van der Waals surface area contributed by atoms with Crippen molar-refractivity contribution in [3.05, 3.63) is 99.2 Å². The summed E-state index contributed by atoms with van der Waals surface area (Å²) in [6.07, 6.45) is 0. The highest BCUT2D eigenvalue weighted by molar-refractivity contribution is 9.10. The third kappa shape index (κ3) is 2.85. The lowest BCUT2D eigenvalue weighted by Gasteiger charge is -2.15. The van der Waals surface area contributed by atoms with E-state index in [-0.39, 0.29) is 5.92 Å². The van der Waals surface area contributed by atoms with Crippen LogP contribution in [0.5, 0.6) is 0 Å². The van der Waals surface area contributed by atoms with E-state index in [1.165, 1.54) is 11.1 Å². The second-order valence-corrected chi connectivity index (χ2v) is 6.98. The number of imidazole rings is 1. The van der Waals surface area contributed by atoms with Crippen molar-refractivity contribution in [2.75, 3.05) is 0 Å². The largest absolute Gasteiger partial charge is 0.341 e. The topological polar surface area (TPSA) is 28.7 Å². The predicted octanol–water partition coefficient (Wildman–Crippen LogP) is 6.16. The molecule has 4 aromatic rings. The monoisotopic (exact) mass is 396 g/mol. The van der Waals surface area contributed by atoms with E-state index >= 15 is 0 Å². The molecule has 0 aliphatic carbocycles. The minimum atomic E-state index is 0.0367. The van der Waals surface area contributed by atoms with Crippen molar-refractivity contribution in [2.45, 2.75) is 5.92 Å². The highest BCUT2D eigenvalue weighted by Gasteiger charge is 2.21. The molecule has 0 aliphatic heterocycles. The lowest BCUT2D eigenvalue weighted by Crippen LogP contribution is -2.05. The second-order valence-electron chi connectivity index (χ2n) is 5.66. The Morgan fingerprint density at radius 2 is 1.46 bits per heavy atom. The van der Waals surface area contributed by atoms with Crippen molar-refractivity contribution >= 4 is 38.6 Å². The minimum Gasteiger partial charge on any atom is -0.341 e. The van der Waals surface area contributed by atoms with E-state index in [9.17, 15) is 0 Å². The lowest BCUT2D eigenvalue weighted by molar-refractivity contribution is 0.891. The molecule has 0 atom stereocenters. The molecule has 0 unspecified atom stereocenters. The third-order valence-corrected chi connectivity index (χ3v) is 4.81. The first-order chi connectivity index (χ1) is 11.7. The Kier molecular flexibility index (Phi) is 4.13. The maximum absolute atomic E-state index is 6.36. The molecular formula is C20H14BrClN2. The van der Waals surface area contributed by atoms with Gasteiger partial charge in [-0.1, -0.05) is 88.2 Å². The molecule has 4 heteroatoms. The first kappa shape index (κ1) is 15.4. The number of halogens is 2. The van der Waals surface area contributed by atoms with E-state index < -0.39 is 0 Å². The van der Waals surface area contributed by atoms with Crippen molar-refractivity contribution in [1.29, 1.82) is 0 Å². The summed E-state index contributed by atoms with van der Waals surface area (Å²) in [5.74, 6) is 0.928. The molecule has 3 aromatic carbocycles. The average molecular weight is 398 g/mol. The third-order valence-electron chi connectivity index (χ3n) is 4.06. The Hall–Kier alpha value is -2.10. The van der Waals surface area contributed by atoms with Crippen molar-refractivity contribution in [2.24, 2.45) is 0 Å². The van der Waals surface area contributed by atoms with E-state index in [1.807, 2.05) is 24.3 Å². The second kappa shape index (κ2) is 6.42. The fraction of sp³-hybridized carbons (Fsp3) is 0.0500. The van der Waals surface area contributed by atoms with Crippen LogP contribution >= 0.6 is 27.5 Å². The standard InChI is InChI=1S/C20H14BrClN2/c21-15-11-16(22)19-17(12-15)23-20(24-19)18(13-7-3-1-4-8-13)14-9-5-2-6-10-14/h1-12,18H,(H,23,24). The first-order valence-electron chi connectivity index (χ1n) is 7.67. The number of H-pyrrole nitrogens is 1. The Balaban J connectivity index is 1.93. The number of rotatable bonds is 3. The van der Waals surface area contributed by atoms with E-state index in [0.717, 1.165) is 21.3 Å². The Labute approximate surface area is 153 Å². The number of benzene rings is 3. The summed E-state index contributed by atoms with van der Waals surface area (Å²) in [5, 5.41) is 0.641. The van der Waals surface area contributed by atoms with Crippen molar-refractivity contribution in [3.63, 3.8) is 0 Å². The summed E-state index contributed by atoms with van der Waals surface area (Å²) >= 11 is 9.85. The molecule has 0 saturated heterocycles. The fourth-order valence-electron chi connectivity index (χ4n) is 3.00. The first-order valence-corrected chi connectivity index (χ1v) is 8.84. The average Bonchev–Trinajstić information content (AvgIpc) is 3.01. The molecule has 1 N–H and O–H groups in total. The molecule has 0 amide bonds. The highest BCUT2D eigenvalue weighted by atomic mass is 79.9. The van der Waals surface area contributed by atoms with E-state index in [4.69, 9.17) is 16.6 Å². The maximum atomic E-state index is 6.36. The van der Waals surface area contributed by atoms with Gasteiger partial charge >= 0.3 is 0 Å². The Morgan fingerprint density at radius 3 is 2.04 bits per heavy atom. The zero-order valence-electron chi connectivity index (χ0n) is 12.7. The van der Waals surface area contributed by atoms with Crippen LogP contribution in [-0.2, 0) is 0 Å². The number of hydrogen-bond acceptors (Lipinski definition) is 1. The molecule has 0 fully saturated rings. The summed E-state index contributed by atoms with van der Waals surface area (Å²) in [6.45, 7) is 0. The number of aromatic nitrogens is 2. The van der Waals surface area contributed by atoms with Crippen LogP contribution in [0.1, 0.15) is 22.9 Å². The van der Waals surface area contributed by atoms with Gasteiger partial charge in [0.25, 0.3) is 0 Å². The van der Waals surface area contributed by atoms with E-state index in [2.05, 4.69) is 69.4 Å². The van der Waals surface area contributed by atoms with Crippen LogP contribution in [-0.4, -0.2) is 9.97 Å². The van der Waals surface area contributed by atoms with Gasteiger partial charge in [0, 0.05) is 4.47 Å². The molecule has 24 heavy (non-hydrogen) atoms. The van der Waals surface area contributed by atoms with E-state index in [1.54, 1.807) is 0 Å². The number of hydrogen-bond donors (Lipinski definition) is 1. The number of nitrogens with one attached hydrogen (secondary N) is 1. The van der Waals surface area contributed by atoms with Crippen LogP contribution in [0.2, 0.25) is 5.02 Å². The SMILES string of the molecule is Clc1cc(Br)cc2[nH]c(C(c3ccccc3)c3ccccc3)nc12. The van der Waals surface area contributed by atoms with Gasteiger partial charge in [-0.2, -0.15) is 0 Å². The zero-order valence-corrected chi connectivity index (χ0v) is 15.1. The van der Waals surface area contributed by atoms with Gasteiger partial charge in [-0.05, 0) is 23.3 Å². The van der Waals surface area contributed by atoms with E-state index in [0.29, 0.717) is 5.02 Å². The normalized spacial score (nSPS) is 11.3. The van der Waals surface area contributed by atoms with Crippen LogP contribution in [0.25, 0.3) is 11.0 Å². The van der Waals surface area contributed by atoms with Gasteiger partial charge in [0.1, 0.15) is 11.3 Å². The number of fused-ring (bicyclic) bond motifs is 1. The molecule has 4 rings (SSSR count). The number of nitrogens with zero attached hydrogens (tertiary/aromatic N) is 1. The molecule has 118 valence electrons. The van der Waals surface area contributed by atoms with Crippen molar-refractivity contribution < 1.29 is 0 Å². The summed E-state index contributed by atoms with van der Waals surface area (Å²) in [4.78, 5) is 8.25. The number of aromatic amines is 1.